The quantitative estimate of drug-likeness (QED) is 0.656. The van der Waals surface area contributed by atoms with Crippen molar-refractivity contribution in [2.24, 2.45) is 5.92 Å². The average molecular weight is 241 g/mol. The van der Waals surface area contributed by atoms with E-state index < -0.39 is 6.29 Å². The first-order chi connectivity index (χ1) is 8.21. The summed E-state index contributed by atoms with van der Waals surface area (Å²) in [4.78, 5) is 0. The van der Waals surface area contributed by atoms with Gasteiger partial charge >= 0.3 is 0 Å². The molecule has 1 rings (SSSR count). The van der Waals surface area contributed by atoms with Gasteiger partial charge in [0.25, 0.3) is 0 Å². The van der Waals surface area contributed by atoms with Gasteiger partial charge < -0.3 is 9.47 Å². The summed E-state index contributed by atoms with van der Waals surface area (Å²) in [6, 6.07) is 0. The van der Waals surface area contributed by atoms with E-state index in [9.17, 15) is 0 Å². The Labute approximate surface area is 103 Å². The van der Waals surface area contributed by atoms with Crippen molar-refractivity contribution in [3.8, 4) is 0 Å². The van der Waals surface area contributed by atoms with Gasteiger partial charge in [-0.1, -0.05) is 25.5 Å². The first-order valence-corrected chi connectivity index (χ1v) is 6.34. The molecule has 0 amide bonds. The SMILES string of the molecule is CCOC(OCC)c1cn(CC(C)CC)nn1. The van der Waals surface area contributed by atoms with Crippen LogP contribution >= 0.6 is 0 Å². The Hall–Kier alpha value is -0.940. The molecule has 1 unspecified atom stereocenters. The van der Waals surface area contributed by atoms with Crippen LogP contribution in [0.4, 0.5) is 0 Å². The van der Waals surface area contributed by atoms with Gasteiger partial charge in [0.1, 0.15) is 5.69 Å². The van der Waals surface area contributed by atoms with Crippen LogP contribution in [0.25, 0.3) is 0 Å². The second-order valence-corrected chi connectivity index (χ2v) is 4.12. The lowest BCUT2D eigenvalue weighted by Crippen LogP contribution is -2.09. The summed E-state index contributed by atoms with van der Waals surface area (Å²) >= 11 is 0. The summed E-state index contributed by atoms with van der Waals surface area (Å²) in [5.41, 5.74) is 0.747. The number of hydrogen-bond acceptors (Lipinski definition) is 4. The Morgan fingerprint density at radius 3 is 2.41 bits per heavy atom. The third-order valence-corrected chi connectivity index (χ3v) is 2.63. The predicted molar refractivity (Wildman–Crippen MR) is 65.5 cm³/mol. The Morgan fingerprint density at radius 1 is 1.24 bits per heavy atom. The molecule has 5 nitrogen and oxygen atoms in total. The van der Waals surface area contributed by atoms with E-state index in [-0.39, 0.29) is 0 Å². The highest BCUT2D eigenvalue weighted by Gasteiger charge is 2.15. The Bertz CT molecular complexity index is 308. The second-order valence-electron chi connectivity index (χ2n) is 4.12. The fraction of sp³-hybridized carbons (Fsp3) is 0.833. The Morgan fingerprint density at radius 2 is 1.88 bits per heavy atom. The van der Waals surface area contributed by atoms with E-state index in [4.69, 9.17) is 9.47 Å². The van der Waals surface area contributed by atoms with Crippen LogP contribution in [0.5, 0.6) is 0 Å². The van der Waals surface area contributed by atoms with E-state index in [1.54, 1.807) is 0 Å². The highest BCUT2D eigenvalue weighted by atomic mass is 16.7. The van der Waals surface area contributed by atoms with Crippen LogP contribution in [0.2, 0.25) is 0 Å². The normalized spacial score (nSPS) is 13.2. The van der Waals surface area contributed by atoms with Gasteiger partial charge in [0.05, 0.1) is 6.20 Å². The molecule has 0 aromatic carbocycles. The number of hydrogen-bond donors (Lipinski definition) is 0. The molecule has 0 N–H and O–H groups in total. The Balaban J connectivity index is 2.63. The summed E-state index contributed by atoms with van der Waals surface area (Å²) in [6.07, 6.45) is 2.65. The first-order valence-electron chi connectivity index (χ1n) is 6.34. The van der Waals surface area contributed by atoms with Gasteiger partial charge in [-0.2, -0.15) is 0 Å². The Kier molecular flexibility index (Phi) is 6.15. The van der Waals surface area contributed by atoms with Crippen molar-refractivity contribution in [2.75, 3.05) is 13.2 Å². The average Bonchev–Trinajstić information content (AvgIpc) is 2.77. The van der Waals surface area contributed by atoms with E-state index in [1.807, 2.05) is 24.7 Å². The van der Waals surface area contributed by atoms with Gasteiger partial charge in [0, 0.05) is 19.8 Å². The van der Waals surface area contributed by atoms with Crippen LogP contribution < -0.4 is 0 Å². The number of nitrogens with zero attached hydrogens (tertiary/aromatic N) is 3. The lowest BCUT2D eigenvalue weighted by atomic mass is 10.1. The van der Waals surface area contributed by atoms with E-state index >= 15 is 0 Å². The lowest BCUT2D eigenvalue weighted by molar-refractivity contribution is -0.142. The van der Waals surface area contributed by atoms with Crippen LogP contribution in [-0.4, -0.2) is 28.2 Å². The number of rotatable bonds is 8. The summed E-state index contributed by atoms with van der Waals surface area (Å²) in [5, 5.41) is 8.20. The molecule has 0 saturated carbocycles. The van der Waals surface area contributed by atoms with Crippen molar-refractivity contribution in [1.82, 2.24) is 15.0 Å². The maximum Gasteiger partial charge on any atom is 0.204 e. The number of aromatic nitrogens is 3. The van der Waals surface area contributed by atoms with Gasteiger partial charge in [0.2, 0.25) is 6.29 Å². The third-order valence-electron chi connectivity index (χ3n) is 2.63. The van der Waals surface area contributed by atoms with Crippen LogP contribution in [0.15, 0.2) is 6.20 Å². The molecular formula is C12H23N3O2. The largest absolute Gasteiger partial charge is 0.347 e. The molecular weight excluding hydrogens is 218 g/mol. The molecule has 0 saturated heterocycles. The summed E-state index contributed by atoms with van der Waals surface area (Å²) < 4.78 is 12.8. The van der Waals surface area contributed by atoms with E-state index in [0.717, 1.165) is 18.7 Å². The maximum absolute atomic E-state index is 5.48. The molecule has 1 aromatic rings. The summed E-state index contributed by atoms with van der Waals surface area (Å²) in [5.74, 6) is 0.599. The predicted octanol–water partition coefficient (Wildman–Crippen LogP) is 2.40. The summed E-state index contributed by atoms with van der Waals surface area (Å²) in [6.45, 7) is 10.3. The molecule has 5 heteroatoms. The molecule has 0 aliphatic carbocycles. The van der Waals surface area contributed by atoms with E-state index in [0.29, 0.717) is 19.1 Å². The smallest absolute Gasteiger partial charge is 0.204 e. The van der Waals surface area contributed by atoms with Crippen LogP contribution in [0.3, 0.4) is 0 Å². The van der Waals surface area contributed by atoms with Crippen molar-refractivity contribution in [3.05, 3.63) is 11.9 Å². The molecule has 0 aliphatic heterocycles. The van der Waals surface area contributed by atoms with E-state index in [1.165, 1.54) is 0 Å². The third kappa shape index (κ3) is 4.44. The second kappa shape index (κ2) is 7.40. The minimum Gasteiger partial charge on any atom is -0.347 e. The number of ether oxygens (including phenoxy) is 2. The topological polar surface area (TPSA) is 49.2 Å². The summed E-state index contributed by atoms with van der Waals surface area (Å²) in [7, 11) is 0. The molecule has 1 heterocycles. The zero-order valence-corrected chi connectivity index (χ0v) is 11.2. The fourth-order valence-electron chi connectivity index (χ4n) is 1.48. The lowest BCUT2D eigenvalue weighted by Gasteiger charge is -2.13. The standard InChI is InChI=1S/C12H23N3O2/c1-5-10(4)8-15-9-11(13-14-15)12(16-6-2)17-7-3/h9-10,12H,5-8H2,1-4H3. The minimum atomic E-state index is -0.393. The molecule has 0 fully saturated rings. The van der Waals surface area contributed by atoms with Gasteiger partial charge in [0.15, 0.2) is 0 Å². The van der Waals surface area contributed by atoms with Gasteiger partial charge in [-0.3, -0.25) is 4.68 Å². The van der Waals surface area contributed by atoms with Gasteiger partial charge in [-0.15, -0.1) is 5.10 Å². The van der Waals surface area contributed by atoms with E-state index in [2.05, 4.69) is 24.2 Å². The molecule has 0 bridgehead atoms. The van der Waals surface area contributed by atoms with Crippen LogP contribution in [-0.2, 0) is 16.0 Å². The molecule has 17 heavy (non-hydrogen) atoms. The van der Waals surface area contributed by atoms with Crippen molar-refractivity contribution in [1.29, 1.82) is 0 Å². The van der Waals surface area contributed by atoms with Crippen LogP contribution in [0.1, 0.15) is 46.1 Å². The van der Waals surface area contributed by atoms with Gasteiger partial charge in [-0.25, -0.2) is 0 Å². The fourth-order valence-corrected chi connectivity index (χ4v) is 1.48. The molecule has 1 aromatic heterocycles. The first kappa shape index (κ1) is 14.1. The van der Waals surface area contributed by atoms with Gasteiger partial charge in [-0.05, 0) is 19.8 Å². The van der Waals surface area contributed by atoms with Crippen molar-refractivity contribution >= 4 is 0 Å². The molecule has 98 valence electrons. The maximum atomic E-state index is 5.48. The van der Waals surface area contributed by atoms with Crippen molar-refractivity contribution in [3.63, 3.8) is 0 Å². The minimum absolute atomic E-state index is 0.393. The van der Waals surface area contributed by atoms with Crippen molar-refractivity contribution in [2.45, 2.75) is 47.0 Å². The molecule has 0 aliphatic rings. The zero-order valence-electron chi connectivity index (χ0n) is 11.2. The molecule has 0 spiro atoms. The molecule has 1 atom stereocenters. The highest BCUT2D eigenvalue weighted by molar-refractivity contribution is 4.94. The van der Waals surface area contributed by atoms with Crippen LogP contribution in [0, 0.1) is 5.92 Å². The van der Waals surface area contributed by atoms with Crippen molar-refractivity contribution < 1.29 is 9.47 Å². The zero-order chi connectivity index (χ0) is 12.7. The highest BCUT2D eigenvalue weighted by Crippen LogP contribution is 2.16. The molecule has 0 radical (unpaired) electrons. The monoisotopic (exact) mass is 241 g/mol.